The van der Waals surface area contributed by atoms with Crippen molar-refractivity contribution in [2.75, 3.05) is 13.1 Å². The van der Waals surface area contributed by atoms with Crippen molar-refractivity contribution in [2.24, 2.45) is 7.05 Å². The maximum atomic E-state index is 13.6. The molecule has 8 nitrogen and oxygen atoms in total. The maximum absolute atomic E-state index is 13.6. The van der Waals surface area contributed by atoms with Crippen LogP contribution >= 0.6 is 0 Å². The second-order valence-electron chi connectivity index (χ2n) is 7.40. The van der Waals surface area contributed by atoms with E-state index >= 15 is 0 Å². The number of nitriles is 1. The van der Waals surface area contributed by atoms with E-state index in [1.54, 1.807) is 30.1 Å². The van der Waals surface area contributed by atoms with Crippen LogP contribution in [0, 0.1) is 11.3 Å². The van der Waals surface area contributed by atoms with Crippen LogP contribution < -0.4 is 5.32 Å². The molecule has 31 heavy (non-hydrogen) atoms. The molecule has 2 amide bonds. The zero-order chi connectivity index (χ0) is 22.2. The maximum Gasteiger partial charge on any atom is 0.268 e. The molecule has 1 fully saturated rings. The van der Waals surface area contributed by atoms with Crippen LogP contribution in [0.1, 0.15) is 16.8 Å². The van der Waals surface area contributed by atoms with E-state index in [1.807, 2.05) is 18.3 Å². The van der Waals surface area contributed by atoms with Gasteiger partial charge in [0, 0.05) is 36.8 Å². The molecule has 2 aromatic heterocycles. The molecule has 4 rings (SSSR count). The van der Waals surface area contributed by atoms with Crippen molar-refractivity contribution in [3.05, 3.63) is 48.4 Å². The summed E-state index contributed by atoms with van der Waals surface area (Å²) < 4.78 is 28.8. The van der Waals surface area contributed by atoms with E-state index < -0.39 is 43.3 Å². The van der Waals surface area contributed by atoms with E-state index in [0.29, 0.717) is 16.5 Å². The largest absolute Gasteiger partial charge is 0.343 e. The number of likely N-dealkylation sites (tertiary alicyclic amines) is 1. The van der Waals surface area contributed by atoms with Gasteiger partial charge in [-0.25, -0.2) is 8.78 Å². The molecule has 0 spiro atoms. The summed E-state index contributed by atoms with van der Waals surface area (Å²) in [5.41, 5.74) is 2.60. The van der Waals surface area contributed by atoms with Gasteiger partial charge in [-0.15, -0.1) is 0 Å². The summed E-state index contributed by atoms with van der Waals surface area (Å²) >= 11 is 0. The minimum Gasteiger partial charge on any atom is -0.343 e. The molecule has 1 saturated heterocycles. The topological polar surface area (TPSA) is 104 Å². The lowest BCUT2D eigenvalue weighted by atomic mass is 10.0. The van der Waals surface area contributed by atoms with Crippen LogP contribution in [-0.4, -0.2) is 56.5 Å². The third-order valence-electron chi connectivity index (χ3n) is 5.16. The van der Waals surface area contributed by atoms with Crippen molar-refractivity contribution in [1.29, 1.82) is 5.26 Å². The Hall–Kier alpha value is -3.87. The molecule has 1 unspecified atom stereocenters. The molecule has 1 aliphatic heterocycles. The Bertz CT molecular complexity index is 1220. The van der Waals surface area contributed by atoms with Gasteiger partial charge in [-0.05, 0) is 23.8 Å². The SMILES string of the molecule is Cn1cc(-c2ccc3nccc(C(=O)NCC(=O)N4CC(F)(F)CC4C#N)c3c2)cn1. The lowest BCUT2D eigenvalue weighted by Gasteiger charge is -2.19. The molecule has 0 aliphatic carbocycles. The van der Waals surface area contributed by atoms with Crippen LogP contribution in [0.5, 0.6) is 0 Å². The van der Waals surface area contributed by atoms with Gasteiger partial charge in [0.2, 0.25) is 5.91 Å². The number of pyridine rings is 1. The smallest absolute Gasteiger partial charge is 0.268 e. The Labute approximate surface area is 176 Å². The van der Waals surface area contributed by atoms with Crippen LogP contribution in [0.25, 0.3) is 22.0 Å². The first-order chi connectivity index (χ1) is 14.8. The fourth-order valence-electron chi connectivity index (χ4n) is 3.64. The van der Waals surface area contributed by atoms with Gasteiger partial charge in [-0.2, -0.15) is 10.4 Å². The number of hydrogen-bond acceptors (Lipinski definition) is 5. The number of hydrogen-bond donors (Lipinski definition) is 1. The van der Waals surface area contributed by atoms with E-state index in [-0.39, 0.29) is 0 Å². The number of nitrogens with one attached hydrogen (secondary N) is 1. The number of halogens is 2. The molecule has 3 aromatic rings. The summed E-state index contributed by atoms with van der Waals surface area (Å²) in [6.45, 7) is -1.31. The molecule has 0 saturated carbocycles. The molecule has 1 aromatic carbocycles. The fraction of sp³-hybridized carbons (Fsp3) is 0.286. The van der Waals surface area contributed by atoms with Crippen LogP contribution in [-0.2, 0) is 11.8 Å². The highest BCUT2D eigenvalue weighted by molar-refractivity contribution is 6.07. The molecule has 1 atom stereocenters. The van der Waals surface area contributed by atoms with Gasteiger partial charge < -0.3 is 10.2 Å². The molecule has 1 N–H and O–H groups in total. The lowest BCUT2D eigenvalue weighted by Crippen LogP contribution is -2.43. The predicted octanol–water partition coefficient (Wildman–Crippen LogP) is 2.12. The van der Waals surface area contributed by atoms with Crippen molar-refractivity contribution in [3.8, 4) is 17.2 Å². The first-order valence-electron chi connectivity index (χ1n) is 9.50. The standard InChI is InChI=1S/C21H18F2N6O2/c1-28-11-14(9-27-28)13-2-3-18-17(6-13)16(4-5-25-18)20(31)26-10-19(30)29-12-21(22,23)7-15(29)8-24/h2-6,9,11,15H,7,10,12H2,1H3,(H,26,31). The quantitative estimate of drug-likeness (QED) is 0.691. The average molecular weight is 424 g/mol. The summed E-state index contributed by atoms with van der Waals surface area (Å²) in [7, 11) is 1.80. The van der Waals surface area contributed by atoms with E-state index in [4.69, 9.17) is 5.26 Å². The van der Waals surface area contributed by atoms with E-state index in [2.05, 4.69) is 15.4 Å². The molecule has 158 valence electrons. The van der Waals surface area contributed by atoms with E-state index in [1.165, 1.54) is 12.3 Å². The number of aromatic nitrogens is 3. The Balaban J connectivity index is 1.54. The van der Waals surface area contributed by atoms with Crippen molar-refractivity contribution in [3.63, 3.8) is 0 Å². The minimum absolute atomic E-state index is 0.298. The third-order valence-corrected chi connectivity index (χ3v) is 5.16. The number of rotatable bonds is 4. The van der Waals surface area contributed by atoms with E-state index in [9.17, 15) is 18.4 Å². The van der Waals surface area contributed by atoms with Gasteiger partial charge in [0.05, 0.1) is 36.4 Å². The molecule has 10 heteroatoms. The highest BCUT2D eigenvalue weighted by Crippen LogP contribution is 2.31. The normalized spacial score (nSPS) is 17.5. The summed E-state index contributed by atoms with van der Waals surface area (Å²) in [5.74, 6) is -4.38. The van der Waals surface area contributed by atoms with Gasteiger partial charge in [-0.3, -0.25) is 19.3 Å². The zero-order valence-electron chi connectivity index (χ0n) is 16.5. The Morgan fingerprint density at radius 2 is 2.13 bits per heavy atom. The highest BCUT2D eigenvalue weighted by atomic mass is 19.3. The van der Waals surface area contributed by atoms with Gasteiger partial charge in [0.25, 0.3) is 11.8 Å². The van der Waals surface area contributed by atoms with Gasteiger partial charge in [-0.1, -0.05) is 6.07 Å². The zero-order valence-corrected chi connectivity index (χ0v) is 16.5. The Morgan fingerprint density at radius 3 is 2.84 bits per heavy atom. The molecule has 3 heterocycles. The number of alkyl halides is 2. The number of fused-ring (bicyclic) bond motifs is 1. The van der Waals surface area contributed by atoms with Crippen LogP contribution in [0.2, 0.25) is 0 Å². The van der Waals surface area contributed by atoms with Crippen molar-refractivity contribution < 1.29 is 18.4 Å². The molecule has 0 radical (unpaired) electrons. The third kappa shape index (κ3) is 4.07. The summed E-state index contributed by atoms with van der Waals surface area (Å²) in [5, 5.41) is 16.2. The highest BCUT2D eigenvalue weighted by Gasteiger charge is 2.47. The lowest BCUT2D eigenvalue weighted by molar-refractivity contribution is -0.131. The van der Waals surface area contributed by atoms with Crippen molar-refractivity contribution in [1.82, 2.24) is 25.0 Å². The first-order valence-corrected chi connectivity index (χ1v) is 9.50. The number of benzene rings is 1. The number of carbonyl (C=O) groups excluding carboxylic acids is 2. The number of carbonyl (C=O) groups is 2. The molecule has 1 aliphatic rings. The first kappa shape index (κ1) is 20.4. The second-order valence-corrected chi connectivity index (χ2v) is 7.40. The predicted molar refractivity (Wildman–Crippen MR) is 107 cm³/mol. The number of amides is 2. The van der Waals surface area contributed by atoms with Crippen LogP contribution in [0.4, 0.5) is 8.78 Å². The minimum atomic E-state index is -3.11. The van der Waals surface area contributed by atoms with Gasteiger partial charge in [0.15, 0.2) is 0 Å². The summed E-state index contributed by atoms with van der Waals surface area (Å²) in [6.07, 6.45) is 4.33. The Morgan fingerprint density at radius 1 is 1.32 bits per heavy atom. The van der Waals surface area contributed by atoms with Crippen molar-refractivity contribution in [2.45, 2.75) is 18.4 Å². The van der Waals surface area contributed by atoms with Crippen molar-refractivity contribution >= 4 is 22.7 Å². The van der Waals surface area contributed by atoms with E-state index in [0.717, 1.165) is 16.0 Å². The number of nitrogens with zero attached hydrogens (tertiary/aromatic N) is 5. The van der Waals surface area contributed by atoms with Crippen LogP contribution in [0.15, 0.2) is 42.9 Å². The Kier molecular flexibility index (Phi) is 5.10. The number of aryl methyl sites for hydroxylation is 1. The summed E-state index contributed by atoms with van der Waals surface area (Å²) in [4.78, 5) is 30.2. The monoisotopic (exact) mass is 424 g/mol. The van der Waals surface area contributed by atoms with Gasteiger partial charge in [0.1, 0.15) is 6.04 Å². The average Bonchev–Trinajstić information content (AvgIpc) is 3.33. The van der Waals surface area contributed by atoms with Gasteiger partial charge >= 0.3 is 0 Å². The molecular formula is C21H18F2N6O2. The summed E-state index contributed by atoms with van der Waals surface area (Å²) in [6, 6.07) is 7.49. The van der Waals surface area contributed by atoms with Crippen LogP contribution in [0.3, 0.4) is 0 Å². The molecular weight excluding hydrogens is 406 g/mol. The fourth-order valence-corrected chi connectivity index (χ4v) is 3.64. The second kappa shape index (κ2) is 7.75. The molecule has 0 bridgehead atoms.